The van der Waals surface area contributed by atoms with Crippen molar-refractivity contribution in [2.24, 2.45) is 0 Å². The largest absolute Gasteiger partial charge is 0.375 e. The van der Waals surface area contributed by atoms with Crippen LogP contribution in [-0.4, -0.2) is 73.1 Å². The van der Waals surface area contributed by atoms with Gasteiger partial charge in [-0.05, 0) is 25.1 Å². The Morgan fingerprint density at radius 1 is 1.20 bits per heavy atom. The molecule has 1 aromatic carbocycles. The molecule has 1 aromatic rings. The SMILES string of the molecule is C[C@H]1OCCN[C@@H]1C(=O)N1CCN(C(=O)c2cccc(F)c2)CC1.Cl. The highest BCUT2D eigenvalue weighted by atomic mass is 35.5. The number of piperazine rings is 1. The van der Waals surface area contributed by atoms with E-state index in [-0.39, 0.29) is 36.4 Å². The van der Waals surface area contributed by atoms with Crippen LogP contribution in [0.3, 0.4) is 0 Å². The van der Waals surface area contributed by atoms with Gasteiger partial charge in [-0.3, -0.25) is 9.59 Å². The van der Waals surface area contributed by atoms with Crippen molar-refractivity contribution in [2.75, 3.05) is 39.3 Å². The molecule has 2 amide bonds. The van der Waals surface area contributed by atoms with Gasteiger partial charge in [0, 0.05) is 38.3 Å². The number of rotatable bonds is 2. The third-order valence-electron chi connectivity index (χ3n) is 4.53. The van der Waals surface area contributed by atoms with Gasteiger partial charge >= 0.3 is 0 Å². The molecule has 1 N–H and O–H groups in total. The van der Waals surface area contributed by atoms with Crippen LogP contribution in [0.15, 0.2) is 24.3 Å². The normalized spacial score (nSPS) is 23.8. The summed E-state index contributed by atoms with van der Waals surface area (Å²) in [6.45, 7) is 5.01. The molecule has 2 aliphatic heterocycles. The highest BCUT2D eigenvalue weighted by Crippen LogP contribution is 2.13. The first-order valence-electron chi connectivity index (χ1n) is 8.25. The minimum absolute atomic E-state index is 0. The van der Waals surface area contributed by atoms with E-state index in [1.807, 2.05) is 6.92 Å². The molecule has 0 aliphatic carbocycles. The van der Waals surface area contributed by atoms with Crippen molar-refractivity contribution in [3.05, 3.63) is 35.6 Å². The van der Waals surface area contributed by atoms with Gasteiger partial charge in [-0.2, -0.15) is 0 Å². The molecule has 138 valence electrons. The predicted molar refractivity (Wildman–Crippen MR) is 93.3 cm³/mol. The molecule has 2 heterocycles. The van der Waals surface area contributed by atoms with Crippen molar-refractivity contribution in [2.45, 2.75) is 19.1 Å². The summed E-state index contributed by atoms with van der Waals surface area (Å²) < 4.78 is 18.8. The Hall–Kier alpha value is -1.70. The average molecular weight is 372 g/mol. The maximum Gasteiger partial charge on any atom is 0.254 e. The number of halogens is 2. The number of ether oxygens (including phenoxy) is 1. The van der Waals surface area contributed by atoms with E-state index in [4.69, 9.17) is 4.74 Å². The van der Waals surface area contributed by atoms with Gasteiger partial charge in [0.05, 0.1) is 12.7 Å². The maximum atomic E-state index is 13.3. The quantitative estimate of drug-likeness (QED) is 0.839. The number of carbonyl (C=O) groups excluding carboxylic acids is 2. The van der Waals surface area contributed by atoms with Crippen LogP contribution in [-0.2, 0) is 9.53 Å². The number of carbonyl (C=O) groups is 2. The van der Waals surface area contributed by atoms with Gasteiger partial charge < -0.3 is 19.9 Å². The Balaban J connectivity index is 0.00000225. The van der Waals surface area contributed by atoms with Crippen LogP contribution in [0.1, 0.15) is 17.3 Å². The van der Waals surface area contributed by atoms with Crippen molar-refractivity contribution in [3.63, 3.8) is 0 Å². The molecule has 3 rings (SSSR count). The number of morpholine rings is 1. The van der Waals surface area contributed by atoms with Gasteiger partial charge in [0.15, 0.2) is 0 Å². The molecule has 0 unspecified atom stereocenters. The van der Waals surface area contributed by atoms with Gasteiger partial charge in [0.2, 0.25) is 5.91 Å². The zero-order chi connectivity index (χ0) is 17.1. The van der Waals surface area contributed by atoms with Crippen LogP contribution in [0.5, 0.6) is 0 Å². The molecule has 0 bridgehead atoms. The van der Waals surface area contributed by atoms with E-state index in [2.05, 4.69) is 5.32 Å². The summed E-state index contributed by atoms with van der Waals surface area (Å²) >= 11 is 0. The van der Waals surface area contributed by atoms with Crippen LogP contribution in [0.25, 0.3) is 0 Å². The Labute approximate surface area is 152 Å². The summed E-state index contributed by atoms with van der Waals surface area (Å²) in [7, 11) is 0. The number of amides is 2. The first-order valence-corrected chi connectivity index (χ1v) is 8.25. The van der Waals surface area contributed by atoms with Crippen LogP contribution < -0.4 is 5.32 Å². The van der Waals surface area contributed by atoms with Crippen molar-refractivity contribution >= 4 is 24.2 Å². The fourth-order valence-corrected chi connectivity index (χ4v) is 3.14. The van der Waals surface area contributed by atoms with Gasteiger partial charge in [-0.15, -0.1) is 12.4 Å². The maximum absolute atomic E-state index is 13.3. The van der Waals surface area contributed by atoms with E-state index in [1.54, 1.807) is 15.9 Å². The summed E-state index contributed by atoms with van der Waals surface area (Å²) in [4.78, 5) is 28.4. The van der Waals surface area contributed by atoms with E-state index in [1.165, 1.54) is 18.2 Å². The topological polar surface area (TPSA) is 61.9 Å². The number of nitrogens with zero attached hydrogens (tertiary/aromatic N) is 2. The van der Waals surface area contributed by atoms with E-state index in [9.17, 15) is 14.0 Å². The molecule has 0 radical (unpaired) electrons. The lowest BCUT2D eigenvalue weighted by Gasteiger charge is -2.38. The smallest absolute Gasteiger partial charge is 0.254 e. The fraction of sp³-hybridized carbons (Fsp3) is 0.529. The van der Waals surface area contributed by atoms with E-state index in [0.717, 1.165) is 0 Å². The molecule has 6 nitrogen and oxygen atoms in total. The fourth-order valence-electron chi connectivity index (χ4n) is 3.14. The molecule has 8 heteroatoms. The number of nitrogens with one attached hydrogen (secondary N) is 1. The van der Waals surface area contributed by atoms with Gasteiger partial charge in [-0.25, -0.2) is 4.39 Å². The zero-order valence-electron chi connectivity index (χ0n) is 14.1. The van der Waals surface area contributed by atoms with Crippen molar-refractivity contribution in [1.82, 2.24) is 15.1 Å². The Morgan fingerprint density at radius 3 is 2.52 bits per heavy atom. The number of benzene rings is 1. The summed E-state index contributed by atoms with van der Waals surface area (Å²) in [5.41, 5.74) is 0.339. The summed E-state index contributed by atoms with van der Waals surface area (Å²) in [5, 5.41) is 3.19. The van der Waals surface area contributed by atoms with E-state index in [0.29, 0.717) is 44.9 Å². The second-order valence-electron chi connectivity index (χ2n) is 6.14. The standard InChI is InChI=1S/C17H22FN3O3.ClH/c1-12-15(19-5-10-24-12)17(23)21-8-6-20(7-9-21)16(22)13-3-2-4-14(18)11-13;/h2-4,11-12,15,19H,5-10H2,1H3;1H/t12-,15+;/m1./s1. The lowest BCUT2D eigenvalue weighted by Crippen LogP contribution is -2.60. The molecule has 0 aromatic heterocycles. The third kappa shape index (κ3) is 4.48. The molecule has 0 saturated carbocycles. The molecular formula is C17H23ClFN3O3. The molecule has 2 fully saturated rings. The molecule has 2 saturated heterocycles. The molecular weight excluding hydrogens is 349 g/mol. The highest BCUT2D eigenvalue weighted by molar-refractivity contribution is 5.94. The van der Waals surface area contributed by atoms with E-state index < -0.39 is 5.82 Å². The van der Waals surface area contributed by atoms with Crippen molar-refractivity contribution < 1.29 is 18.7 Å². The van der Waals surface area contributed by atoms with E-state index >= 15 is 0 Å². The number of hydrogen-bond donors (Lipinski definition) is 1. The van der Waals surface area contributed by atoms with Gasteiger partial charge in [0.1, 0.15) is 11.9 Å². The molecule has 25 heavy (non-hydrogen) atoms. The Bertz CT molecular complexity index is 623. The first-order chi connectivity index (χ1) is 11.6. The summed E-state index contributed by atoms with van der Waals surface area (Å²) in [5.74, 6) is -0.610. The second kappa shape index (κ2) is 8.60. The van der Waals surface area contributed by atoms with Gasteiger partial charge in [-0.1, -0.05) is 6.07 Å². The monoisotopic (exact) mass is 371 g/mol. The van der Waals surface area contributed by atoms with Crippen molar-refractivity contribution in [1.29, 1.82) is 0 Å². The Morgan fingerprint density at radius 2 is 1.88 bits per heavy atom. The first kappa shape index (κ1) is 19.6. The van der Waals surface area contributed by atoms with Crippen LogP contribution in [0.2, 0.25) is 0 Å². The lowest BCUT2D eigenvalue weighted by molar-refractivity contribution is -0.140. The van der Waals surface area contributed by atoms with Crippen molar-refractivity contribution in [3.8, 4) is 0 Å². The van der Waals surface area contributed by atoms with Crippen LogP contribution in [0, 0.1) is 5.82 Å². The third-order valence-corrected chi connectivity index (χ3v) is 4.53. The molecule has 2 aliphatic rings. The highest BCUT2D eigenvalue weighted by Gasteiger charge is 2.34. The Kier molecular flexibility index (Phi) is 6.75. The van der Waals surface area contributed by atoms with Crippen LogP contribution in [0.4, 0.5) is 4.39 Å². The molecule has 0 spiro atoms. The molecule has 2 atom stereocenters. The average Bonchev–Trinajstić information content (AvgIpc) is 2.61. The lowest BCUT2D eigenvalue weighted by atomic mass is 10.1. The summed E-state index contributed by atoms with van der Waals surface area (Å²) in [6.07, 6.45) is -0.154. The zero-order valence-corrected chi connectivity index (χ0v) is 14.9. The minimum atomic E-state index is -0.424. The summed E-state index contributed by atoms with van der Waals surface area (Å²) in [6, 6.07) is 5.36. The predicted octanol–water partition coefficient (Wildman–Crippen LogP) is 0.909. The van der Waals surface area contributed by atoms with Crippen LogP contribution >= 0.6 is 12.4 Å². The minimum Gasteiger partial charge on any atom is -0.375 e. The number of hydrogen-bond acceptors (Lipinski definition) is 4. The van der Waals surface area contributed by atoms with Gasteiger partial charge in [0.25, 0.3) is 5.91 Å². The second-order valence-corrected chi connectivity index (χ2v) is 6.14.